The first-order chi connectivity index (χ1) is 15.7. The van der Waals surface area contributed by atoms with E-state index in [4.69, 9.17) is 28.0 Å². The Morgan fingerprint density at radius 3 is 1.61 bits per heavy atom. The highest BCUT2D eigenvalue weighted by Gasteiger charge is 2.02. The van der Waals surface area contributed by atoms with Gasteiger partial charge in [-0.1, -0.05) is 28.9 Å². The maximum Gasteiger partial charge on any atom is 0.373 e. The molecule has 2 aromatic carbocycles. The van der Waals surface area contributed by atoms with E-state index in [1.54, 1.807) is 12.1 Å². The van der Waals surface area contributed by atoms with Gasteiger partial charge in [0.15, 0.2) is 0 Å². The molecule has 9 heteroatoms. The number of hydrogen-bond acceptors (Lipinski definition) is 8. The summed E-state index contributed by atoms with van der Waals surface area (Å²) in [6.07, 6.45) is 1.45. The van der Waals surface area contributed by atoms with Gasteiger partial charge in [-0.05, 0) is 67.3 Å². The summed E-state index contributed by atoms with van der Waals surface area (Å²) in [5, 5.41) is 1.99. The van der Waals surface area contributed by atoms with Crippen molar-refractivity contribution in [3.8, 4) is 0 Å². The molecule has 33 heavy (non-hydrogen) atoms. The van der Waals surface area contributed by atoms with Crippen LogP contribution in [0.5, 0.6) is 0 Å². The molecular formula is C24H19BrO8. The molecule has 0 bridgehead atoms. The molecule has 4 aromatic rings. The molecule has 2 heterocycles. The molecule has 0 saturated carbocycles. The highest BCUT2D eigenvalue weighted by atomic mass is 79.9. The molecule has 0 atom stereocenters. The summed E-state index contributed by atoms with van der Waals surface area (Å²) in [4.78, 5) is 54.5. The minimum absolute atomic E-state index is 0.250. The predicted molar refractivity (Wildman–Crippen MR) is 122 cm³/mol. The van der Waals surface area contributed by atoms with Crippen LogP contribution in [0.3, 0.4) is 0 Å². The van der Waals surface area contributed by atoms with Crippen LogP contribution < -0.4 is 11.3 Å². The zero-order chi connectivity index (χ0) is 25.0. The second-order valence-corrected chi connectivity index (χ2v) is 7.40. The average molecular weight is 515 g/mol. The Hall–Kier alpha value is -3.90. The first kappa shape index (κ1) is 27.1. The van der Waals surface area contributed by atoms with Gasteiger partial charge < -0.3 is 8.83 Å². The SMILES string of the molecule is CCc1cc(C)c2ccc(=O)oc2c1.Cc1cc(Br)cc2oc(=O)ccc12.O=C=O.O=C=O. The van der Waals surface area contributed by atoms with Crippen molar-refractivity contribution in [1.29, 1.82) is 0 Å². The monoisotopic (exact) mass is 514 g/mol. The quantitative estimate of drug-likeness (QED) is 0.342. The van der Waals surface area contributed by atoms with Crippen molar-refractivity contribution < 1.29 is 28.0 Å². The van der Waals surface area contributed by atoms with Gasteiger partial charge in [0, 0.05) is 27.4 Å². The van der Waals surface area contributed by atoms with E-state index < -0.39 is 0 Å². The summed E-state index contributed by atoms with van der Waals surface area (Å²) in [6.45, 7) is 6.09. The summed E-state index contributed by atoms with van der Waals surface area (Å²) in [5.41, 5.74) is 4.16. The molecular weight excluding hydrogens is 496 g/mol. The van der Waals surface area contributed by atoms with E-state index in [-0.39, 0.29) is 23.6 Å². The Morgan fingerprint density at radius 1 is 0.727 bits per heavy atom. The normalized spacial score (nSPS) is 9.21. The fourth-order valence-electron chi connectivity index (χ4n) is 2.95. The maximum absolute atomic E-state index is 11.0. The highest BCUT2D eigenvalue weighted by Crippen LogP contribution is 2.22. The molecule has 0 spiro atoms. The first-order valence-corrected chi connectivity index (χ1v) is 10.2. The molecule has 0 N–H and O–H groups in total. The topological polar surface area (TPSA) is 129 Å². The fourth-order valence-corrected chi connectivity index (χ4v) is 3.50. The molecule has 0 saturated heterocycles. The zero-order valence-electron chi connectivity index (χ0n) is 18.0. The maximum atomic E-state index is 11.0. The lowest BCUT2D eigenvalue weighted by Crippen LogP contribution is -1.96. The van der Waals surface area contributed by atoms with E-state index in [1.807, 2.05) is 32.0 Å². The van der Waals surface area contributed by atoms with E-state index >= 15 is 0 Å². The van der Waals surface area contributed by atoms with Gasteiger partial charge in [0.2, 0.25) is 0 Å². The standard InChI is InChI=1S/C12H12O2.C10H7BrO2.2CO2/c1-3-9-6-8(2)10-4-5-12(13)14-11(10)7-9;1-6-4-7(11)5-9-8(6)2-3-10(12)13-9;2*2-1-3/h4-7H,3H2,1-2H3;2-5H,1H3;;. The summed E-state index contributed by atoms with van der Waals surface area (Å²) < 4.78 is 11.1. The molecule has 2 aromatic heterocycles. The smallest absolute Gasteiger partial charge is 0.373 e. The van der Waals surface area contributed by atoms with Gasteiger partial charge >= 0.3 is 23.6 Å². The number of fused-ring (bicyclic) bond motifs is 2. The van der Waals surface area contributed by atoms with E-state index in [0.717, 1.165) is 32.8 Å². The van der Waals surface area contributed by atoms with Crippen molar-refractivity contribution in [1.82, 2.24) is 0 Å². The molecule has 0 unspecified atom stereocenters. The first-order valence-electron chi connectivity index (χ1n) is 9.42. The molecule has 0 aliphatic rings. The van der Waals surface area contributed by atoms with E-state index in [0.29, 0.717) is 11.2 Å². The average Bonchev–Trinajstić information content (AvgIpc) is 2.74. The van der Waals surface area contributed by atoms with Crippen LogP contribution in [0.1, 0.15) is 23.6 Å². The van der Waals surface area contributed by atoms with Crippen molar-refractivity contribution in [2.45, 2.75) is 27.2 Å². The van der Waals surface area contributed by atoms with Crippen LogP contribution in [-0.4, -0.2) is 12.3 Å². The minimum Gasteiger partial charge on any atom is -0.423 e. The van der Waals surface area contributed by atoms with Gasteiger partial charge in [-0.3, -0.25) is 0 Å². The van der Waals surface area contributed by atoms with Crippen molar-refractivity contribution in [2.75, 3.05) is 0 Å². The van der Waals surface area contributed by atoms with E-state index in [2.05, 4.69) is 28.9 Å². The molecule has 0 aliphatic heterocycles. The Balaban J connectivity index is 0.000000268. The summed E-state index contributed by atoms with van der Waals surface area (Å²) in [5.74, 6) is 0. The minimum atomic E-state index is -0.315. The molecule has 170 valence electrons. The number of benzene rings is 2. The molecule has 0 aliphatic carbocycles. The summed E-state index contributed by atoms with van der Waals surface area (Å²) in [6, 6.07) is 14.3. The fraction of sp³-hybridized carbons (Fsp3) is 0.167. The van der Waals surface area contributed by atoms with Crippen molar-refractivity contribution in [3.63, 3.8) is 0 Å². The van der Waals surface area contributed by atoms with E-state index in [9.17, 15) is 9.59 Å². The van der Waals surface area contributed by atoms with Crippen LogP contribution in [0, 0.1) is 13.8 Å². The number of rotatable bonds is 1. The number of halogens is 1. The van der Waals surface area contributed by atoms with Gasteiger partial charge in [-0.2, -0.15) is 19.2 Å². The summed E-state index contributed by atoms with van der Waals surface area (Å²) >= 11 is 3.35. The molecule has 4 rings (SSSR count). The Bertz CT molecular complexity index is 1410. The third-order valence-electron chi connectivity index (χ3n) is 4.32. The lowest BCUT2D eigenvalue weighted by Gasteiger charge is -2.03. The number of aryl methyl sites for hydroxylation is 3. The Labute approximate surface area is 196 Å². The lowest BCUT2D eigenvalue weighted by molar-refractivity contribution is -0.193. The highest BCUT2D eigenvalue weighted by molar-refractivity contribution is 9.10. The summed E-state index contributed by atoms with van der Waals surface area (Å²) in [7, 11) is 0. The molecule has 0 radical (unpaired) electrons. The zero-order valence-corrected chi connectivity index (χ0v) is 19.6. The second-order valence-electron chi connectivity index (χ2n) is 6.49. The third kappa shape index (κ3) is 8.27. The van der Waals surface area contributed by atoms with Crippen LogP contribution in [0.2, 0.25) is 0 Å². The Morgan fingerprint density at radius 2 is 1.15 bits per heavy atom. The molecule has 0 amide bonds. The van der Waals surface area contributed by atoms with Crippen molar-refractivity contribution >= 4 is 50.2 Å². The van der Waals surface area contributed by atoms with Gasteiger partial charge in [-0.25, -0.2) is 9.59 Å². The Kier molecular flexibility index (Phi) is 11.1. The largest absolute Gasteiger partial charge is 0.423 e. The second kappa shape index (κ2) is 13.5. The van der Waals surface area contributed by atoms with Crippen molar-refractivity contribution in [2.24, 2.45) is 0 Å². The van der Waals surface area contributed by atoms with Gasteiger partial charge in [0.25, 0.3) is 0 Å². The van der Waals surface area contributed by atoms with Crippen LogP contribution >= 0.6 is 15.9 Å². The third-order valence-corrected chi connectivity index (χ3v) is 4.78. The molecule has 8 nitrogen and oxygen atoms in total. The van der Waals surface area contributed by atoms with Crippen LogP contribution in [0.25, 0.3) is 21.9 Å². The van der Waals surface area contributed by atoms with Gasteiger partial charge in [0.1, 0.15) is 11.2 Å². The van der Waals surface area contributed by atoms with Crippen LogP contribution in [0.15, 0.2) is 71.4 Å². The van der Waals surface area contributed by atoms with Gasteiger partial charge in [0.05, 0.1) is 0 Å². The predicted octanol–water partition coefficient (Wildman–Crippen LogP) is 4.36. The van der Waals surface area contributed by atoms with E-state index in [1.165, 1.54) is 17.7 Å². The van der Waals surface area contributed by atoms with Crippen LogP contribution in [0.4, 0.5) is 0 Å². The van der Waals surface area contributed by atoms with Crippen molar-refractivity contribution in [3.05, 3.63) is 90.5 Å². The number of hydrogen-bond donors (Lipinski definition) is 0. The number of carbonyl (C=O) groups excluding carboxylic acids is 4. The van der Waals surface area contributed by atoms with Gasteiger partial charge in [-0.15, -0.1) is 0 Å². The molecule has 0 fully saturated rings. The lowest BCUT2D eigenvalue weighted by atomic mass is 10.1. The van der Waals surface area contributed by atoms with Crippen LogP contribution in [-0.2, 0) is 25.6 Å².